The zero-order valence-corrected chi connectivity index (χ0v) is 23.1. The van der Waals surface area contributed by atoms with Crippen molar-refractivity contribution in [3.63, 3.8) is 0 Å². The number of carbonyl (C=O) groups is 2. The number of hydrogen-bond acceptors (Lipinski definition) is 6. The van der Waals surface area contributed by atoms with Crippen LogP contribution in [0.1, 0.15) is 87.7 Å². The fourth-order valence-corrected chi connectivity index (χ4v) is 6.43. The number of allylic oxidation sites excluding steroid dienone is 2. The molecular formula is C28H37N3O5S. The first-order valence-electron chi connectivity index (χ1n) is 13.0. The number of hydrogen-bond donors (Lipinski definition) is 2. The maximum atomic E-state index is 14.2. The molecule has 2 aliphatic carbocycles. The van der Waals surface area contributed by atoms with Crippen LogP contribution in [0.25, 0.3) is 0 Å². The van der Waals surface area contributed by atoms with Gasteiger partial charge in [-0.2, -0.15) is 0 Å². The maximum Gasteiger partial charge on any atom is 0.348 e. The van der Waals surface area contributed by atoms with Gasteiger partial charge < -0.3 is 14.7 Å². The molecule has 1 amide bonds. The van der Waals surface area contributed by atoms with Crippen LogP contribution in [0, 0.1) is 11.8 Å². The number of aromatic nitrogens is 2. The summed E-state index contributed by atoms with van der Waals surface area (Å²) in [5, 5.41) is 10.1. The van der Waals surface area contributed by atoms with E-state index in [1.54, 1.807) is 0 Å². The largest absolute Gasteiger partial charge is 0.477 e. The van der Waals surface area contributed by atoms with Crippen molar-refractivity contribution >= 4 is 28.9 Å². The number of amides is 1. The number of anilines is 1. The average Bonchev–Trinajstić information content (AvgIpc) is 3.26. The molecule has 0 aliphatic heterocycles. The Kier molecular flexibility index (Phi) is 7.92. The molecule has 2 atom stereocenters. The first-order chi connectivity index (χ1) is 17.4. The van der Waals surface area contributed by atoms with E-state index in [1.165, 1.54) is 29.2 Å². The van der Waals surface area contributed by atoms with E-state index >= 15 is 0 Å². The van der Waals surface area contributed by atoms with Crippen LogP contribution in [0.4, 0.5) is 5.69 Å². The number of nitrogens with zero attached hydrogens (tertiary/aromatic N) is 2. The standard InChI is InChI=1S/C28H37N3O5S/c1-16-6-11-20(17(2)14-16)25(33)31(21-15-22(28(3,4)5)37-24(21)26(34)35)18-7-9-19(10-8-18)36-27-29-13-12-23(32)30-27/h6,12-13,15,17-20H,7-11,14H2,1-5H3,(H,34,35)(H,29,30,32)/t17-,18?,19?,20-/m0/s1. The number of aromatic amines is 1. The molecule has 0 unspecified atom stereocenters. The van der Waals surface area contributed by atoms with E-state index in [1.807, 2.05) is 11.0 Å². The second-order valence-corrected chi connectivity index (χ2v) is 12.5. The van der Waals surface area contributed by atoms with Gasteiger partial charge in [0.1, 0.15) is 11.0 Å². The van der Waals surface area contributed by atoms with Crippen LogP contribution >= 0.6 is 11.3 Å². The van der Waals surface area contributed by atoms with Gasteiger partial charge in [-0.3, -0.25) is 14.6 Å². The van der Waals surface area contributed by atoms with Crippen LogP contribution in [0.2, 0.25) is 0 Å². The highest BCUT2D eigenvalue weighted by Crippen LogP contribution is 2.42. The molecule has 0 saturated heterocycles. The van der Waals surface area contributed by atoms with E-state index in [-0.39, 0.29) is 51.8 Å². The Hall–Kier alpha value is -2.94. The predicted molar refractivity (Wildman–Crippen MR) is 145 cm³/mol. The van der Waals surface area contributed by atoms with E-state index in [4.69, 9.17) is 4.74 Å². The van der Waals surface area contributed by atoms with Gasteiger partial charge >= 0.3 is 5.97 Å². The van der Waals surface area contributed by atoms with Gasteiger partial charge in [-0.1, -0.05) is 39.3 Å². The quantitative estimate of drug-likeness (QED) is 0.477. The number of aromatic carboxylic acids is 1. The van der Waals surface area contributed by atoms with E-state index in [2.05, 4.69) is 50.7 Å². The van der Waals surface area contributed by atoms with Crippen molar-refractivity contribution in [2.45, 2.75) is 90.7 Å². The molecule has 0 aromatic carbocycles. The molecule has 0 spiro atoms. The van der Waals surface area contributed by atoms with E-state index in [0.717, 1.165) is 11.3 Å². The fourth-order valence-electron chi connectivity index (χ4n) is 5.39. The SMILES string of the molecule is CC1=CC[C@H](C(=O)N(c2cc(C(C)(C)C)sc2C(=O)O)C2CCC(Oc3nccc(=O)[nH]3)CC2)[C@@H](C)C1. The Balaban J connectivity index is 1.64. The lowest BCUT2D eigenvalue weighted by Crippen LogP contribution is -2.48. The Labute approximate surface area is 221 Å². The molecule has 2 aromatic heterocycles. The number of rotatable bonds is 6. The lowest BCUT2D eigenvalue weighted by Gasteiger charge is -2.40. The second-order valence-electron chi connectivity index (χ2n) is 11.5. The Morgan fingerprint density at radius 2 is 1.92 bits per heavy atom. The van der Waals surface area contributed by atoms with Crippen LogP contribution in [0.15, 0.2) is 34.8 Å². The molecular weight excluding hydrogens is 490 g/mol. The number of carbonyl (C=O) groups excluding carboxylic acids is 1. The Bertz CT molecular complexity index is 1230. The summed E-state index contributed by atoms with van der Waals surface area (Å²) in [6.07, 6.45) is 7.65. The third-order valence-electron chi connectivity index (χ3n) is 7.45. The maximum absolute atomic E-state index is 14.2. The molecule has 1 saturated carbocycles. The lowest BCUT2D eigenvalue weighted by atomic mass is 9.79. The lowest BCUT2D eigenvalue weighted by molar-refractivity contribution is -0.124. The summed E-state index contributed by atoms with van der Waals surface area (Å²) >= 11 is 1.26. The van der Waals surface area contributed by atoms with Crippen LogP contribution in [0.5, 0.6) is 6.01 Å². The van der Waals surface area contributed by atoms with Gasteiger partial charge in [-0.15, -0.1) is 11.3 Å². The van der Waals surface area contributed by atoms with Crippen LogP contribution < -0.4 is 15.2 Å². The van der Waals surface area contributed by atoms with Crippen molar-refractivity contribution in [1.29, 1.82) is 0 Å². The van der Waals surface area contributed by atoms with E-state index in [0.29, 0.717) is 37.8 Å². The van der Waals surface area contributed by atoms with Gasteiger partial charge in [0, 0.05) is 29.1 Å². The van der Waals surface area contributed by atoms with Gasteiger partial charge in [-0.05, 0) is 62.8 Å². The van der Waals surface area contributed by atoms with E-state index in [9.17, 15) is 19.5 Å². The summed E-state index contributed by atoms with van der Waals surface area (Å²) in [7, 11) is 0. The van der Waals surface area contributed by atoms with Gasteiger partial charge in [0.2, 0.25) is 5.91 Å². The third-order valence-corrected chi connectivity index (χ3v) is 8.98. The molecule has 0 radical (unpaired) electrons. The Morgan fingerprint density at radius 3 is 2.51 bits per heavy atom. The minimum Gasteiger partial charge on any atom is -0.477 e. The molecule has 4 rings (SSSR count). The molecule has 37 heavy (non-hydrogen) atoms. The van der Waals surface area contributed by atoms with Crippen molar-refractivity contribution < 1.29 is 19.4 Å². The number of carboxylic acid groups (broad SMARTS) is 1. The third kappa shape index (κ3) is 6.14. The van der Waals surface area contributed by atoms with Gasteiger partial charge in [0.15, 0.2) is 0 Å². The number of thiophene rings is 1. The van der Waals surface area contributed by atoms with Crippen molar-refractivity contribution in [2.75, 3.05) is 4.90 Å². The minimum absolute atomic E-state index is 0.00966. The zero-order chi connectivity index (χ0) is 26.9. The average molecular weight is 528 g/mol. The van der Waals surface area contributed by atoms with E-state index < -0.39 is 5.97 Å². The zero-order valence-electron chi connectivity index (χ0n) is 22.2. The molecule has 2 aliphatic rings. The number of ether oxygens (including phenoxy) is 1. The molecule has 1 fully saturated rings. The van der Waals surface area contributed by atoms with Crippen molar-refractivity contribution in [2.24, 2.45) is 11.8 Å². The van der Waals surface area contributed by atoms with Crippen molar-refractivity contribution in [1.82, 2.24) is 9.97 Å². The normalized spacial score (nSPS) is 24.3. The van der Waals surface area contributed by atoms with Crippen molar-refractivity contribution in [3.8, 4) is 6.01 Å². The van der Waals surface area contributed by atoms with Gasteiger partial charge in [0.25, 0.3) is 11.6 Å². The number of nitrogens with one attached hydrogen (secondary N) is 1. The molecule has 9 heteroatoms. The van der Waals surface area contributed by atoms with Crippen molar-refractivity contribution in [3.05, 3.63) is 50.1 Å². The molecule has 2 heterocycles. The molecule has 2 aromatic rings. The summed E-state index contributed by atoms with van der Waals surface area (Å²) < 4.78 is 5.92. The molecule has 8 nitrogen and oxygen atoms in total. The smallest absolute Gasteiger partial charge is 0.348 e. The monoisotopic (exact) mass is 527 g/mol. The second kappa shape index (κ2) is 10.8. The minimum atomic E-state index is -1.00. The topological polar surface area (TPSA) is 113 Å². The summed E-state index contributed by atoms with van der Waals surface area (Å²) in [4.78, 5) is 47.8. The summed E-state index contributed by atoms with van der Waals surface area (Å²) in [6.45, 7) is 10.4. The predicted octanol–water partition coefficient (Wildman–Crippen LogP) is 5.54. The highest BCUT2D eigenvalue weighted by atomic mass is 32.1. The fraction of sp³-hybridized carbons (Fsp3) is 0.571. The van der Waals surface area contributed by atoms with Crippen LogP contribution in [-0.2, 0) is 10.2 Å². The van der Waals surface area contributed by atoms with Gasteiger partial charge in [0.05, 0.1) is 5.69 Å². The first-order valence-corrected chi connectivity index (χ1v) is 13.8. The first kappa shape index (κ1) is 27.1. The highest BCUT2D eigenvalue weighted by Gasteiger charge is 2.39. The molecule has 0 bridgehead atoms. The summed E-state index contributed by atoms with van der Waals surface area (Å²) in [6, 6.07) is 3.32. The summed E-state index contributed by atoms with van der Waals surface area (Å²) in [5.41, 5.74) is 1.31. The number of H-pyrrole nitrogens is 1. The highest BCUT2D eigenvalue weighted by molar-refractivity contribution is 7.14. The molecule has 200 valence electrons. The van der Waals surface area contributed by atoms with Crippen LogP contribution in [0.3, 0.4) is 0 Å². The van der Waals surface area contributed by atoms with Crippen LogP contribution in [-0.4, -0.2) is 39.1 Å². The number of carboxylic acids is 1. The molecule has 2 N–H and O–H groups in total. The van der Waals surface area contributed by atoms with Gasteiger partial charge in [-0.25, -0.2) is 9.78 Å². The summed E-state index contributed by atoms with van der Waals surface area (Å²) in [5.74, 6) is -0.988. The Morgan fingerprint density at radius 1 is 1.22 bits per heavy atom.